The average Bonchev–Trinajstić information content (AvgIpc) is 2.28. The Labute approximate surface area is 107 Å². The summed E-state index contributed by atoms with van der Waals surface area (Å²) in [6.07, 6.45) is 3.17. The minimum absolute atomic E-state index is 0.148. The third-order valence-corrected chi connectivity index (χ3v) is 3.61. The first kappa shape index (κ1) is 13.2. The second kappa shape index (κ2) is 4.78. The van der Waals surface area contributed by atoms with Gasteiger partial charge in [0.05, 0.1) is 0 Å². The van der Waals surface area contributed by atoms with Crippen LogP contribution in [0.4, 0.5) is 4.79 Å². The van der Waals surface area contributed by atoms with Crippen LogP contribution >= 0.6 is 0 Å². The van der Waals surface area contributed by atoms with E-state index in [1.807, 2.05) is 20.8 Å². The molecule has 1 aliphatic carbocycles. The van der Waals surface area contributed by atoms with Crippen molar-refractivity contribution in [2.75, 3.05) is 0 Å². The molecule has 2 heterocycles. The zero-order valence-corrected chi connectivity index (χ0v) is 11.2. The first-order chi connectivity index (χ1) is 8.42. The maximum absolute atomic E-state index is 12.2. The first-order valence-electron chi connectivity index (χ1n) is 6.53. The number of carbonyl (C=O) groups is 2. The molecule has 2 saturated heterocycles. The Kier molecular flexibility index (Phi) is 3.50. The van der Waals surface area contributed by atoms with Crippen LogP contribution in [-0.4, -0.2) is 35.3 Å². The van der Waals surface area contributed by atoms with Gasteiger partial charge in [-0.2, -0.15) is 0 Å². The highest BCUT2D eigenvalue weighted by molar-refractivity contribution is 5.69. The van der Waals surface area contributed by atoms with E-state index >= 15 is 0 Å². The van der Waals surface area contributed by atoms with Gasteiger partial charge < -0.3 is 9.47 Å². The number of amides is 1. The number of nitrogens with zero attached hydrogens (tertiary/aromatic N) is 1. The fourth-order valence-electron chi connectivity index (χ4n) is 2.90. The van der Waals surface area contributed by atoms with E-state index in [4.69, 9.17) is 9.47 Å². The van der Waals surface area contributed by atoms with Crippen molar-refractivity contribution in [3.05, 3.63) is 0 Å². The van der Waals surface area contributed by atoms with Crippen LogP contribution in [0, 0.1) is 5.92 Å². The van der Waals surface area contributed by atoms with Gasteiger partial charge in [-0.05, 0) is 46.5 Å². The van der Waals surface area contributed by atoms with Gasteiger partial charge in [0.15, 0.2) is 6.23 Å². The molecule has 3 rings (SSSR count). The number of ether oxygens (including phenoxy) is 2. The minimum Gasteiger partial charge on any atom is -0.444 e. The van der Waals surface area contributed by atoms with Crippen LogP contribution in [0.2, 0.25) is 0 Å². The van der Waals surface area contributed by atoms with Crippen molar-refractivity contribution in [3.63, 3.8) is 0 Å². The van der Waals surface area contributed by atoms with Crippen LogP contribution in [-0.2, 0) is 14.3 Å². The quantitative estimate of drug-likeness (QED) is 0.710. The minimum atomic E-state index is -0.528. The lowest BCUT2D eigenvalue weighted by molar-refractivity contribution is -0.166. The third kappa shape index (κ3) is 2.60. The summed E-state index contributed by atoms with van der Waals surface area (Å²) in [5.41, 5.74) is -0.528. The molecule has 0 unspecified atom stereocenters. The summed E-state index contributed by atoms with van der Waals surface area (Å²) in [5.74, 6) is 0.257. The summed E-state index contributed by atoms with van der Waals surface area (Å²) < 4.78 is 10.5. The fraction of sp³-hybridized carbons (Fsp3) is 0.846. The maximum Gasteiger partial charge on any atom is 0.413 e. The van der Waals surface area contributed by atoms with Gasteiger partial charge in [-0.1, -0.05) is 0 Å². The molecule has 0 aromatic rings. The number of hydrogen-bond acceptors (Lipinski definition) is 4. The Bertz CT molecular complexity index is 328. The van der Waals surface area contributed by atoms with Crippen LogP contribution < -0.4 is 0 Å². The number of rotatable bonds is 2. The van der Waals surface area contributed by atoms with E-state index in [1.165, 1.54) is 0 Å². The molecule has 18 heavy (non-hydrogen) atoms. The molecule has 1 amide bonds. The van der Waals surface area contributed by atoms with Crippen LogP contribution in [0.5, 0.6) is 0 Å². The first-order valence-corrected chi connectivity index (χ1v) is 6.53. The number of carbonyl (C=O) groups excluding carboxylic acids is 2. The van der Waals surface area contributed by atoms with Crippen molar-refractivity contribution >= 4 is 12.6 Å². The van der Waals surface area contributed by atoms with Crippen LogP contribution in [0.25, 0.3) is 0 Å². The third-order valence-electron chi connectivity index (χ3n) is 3.61. The van der Waals surface area contributed by atoms with Crippen molar-refractivity contribution in [1.82, 2.24) is 4.90 Å². The van der Waals surface area contributed by atoms with Gasteiger partial charge in [-0.25, -0.2) is 4.79 Å². The van der Waals surface area contributed by atoms with Crippen molar-refractivity contribution in [2.24, 2.45) is 5.92 Å². The Morgan fingerprint density at radius 3 is 2.33 bits per heavy atom. The van der Waals surface area contributed by atoms with Gasteiger partial charge >= 0.3 is 6.09 Å². The zero-order chi connectivity index (χ0) is 13.3. The summed E-state index contributed by atoms with van der Waals surface area (Å²) in [6.45, 7) is 5.94. The van der Waals surface area contributed by atoms with E-state index in [0.717, 1.165) is 25.7 Å². The molecule has 0 N–H and O–H groups in total. The van der Waals surface area contributed by atoms with Crippen LogP contribution in [0.15, 0.2) is 0 Å². The highest BCUT2D eigenvalue weighted by Crippen LogP contribution is 2.40. The lowest BCUT2D eigenvalue weighted by atomic mass is 9.78. The van der Waals surface area contributed by atoms with E-state index in [1.54, 1.807) is 4.90 Å². The summed E-state index contributed by atoms with van der Waals surface area (Å²) in [7, 11) is 0. The lowest BCUT2D eigenvalue weighted by Crippen LogP contribution is -2.59. The second-order valence-electron chi connectivity index (χ2n) is 6.08. The predicted octanol–water partition coefficient (Wildman–Crippen LogP) is 2.29. The molecule has 0 radical (unpaired) electrons. The summed E-state index contributed by atoms with van der Waals surface area (Å²) in [4.78, 5) is 24.4. The smallest absolute Gasteiger partial charge is 0.413 e. The molecule has 0 spiro atoms. The molecule has 1 saturated carbocycles. The summed E-state index contributed by atoms with van der Waals surface area (Å²) in [5, 5.41) is 0. The molecule has 102 valence electrons. The van der Waals surface area contributed by atoms with Gasteiger partial charge in [0, 0.05) is 12.0 Å². The topological polar surface area (TPSA) is 55.8 Å². The largest absolute Gasteiger partial charge is 0.444 e. The average molecular weight is 255 g/mol. The Hall–Kier alpha value is -1.26. The Morgan fingerprint density at radius 2 is 1.83 bits per heavy atom. The Morgan fingerprint density at radius 1 is 1.22 bits per heavy atom. The van der Waals surface area contributed by atoms with Crippen molar-refractivity contribution in [2.45, 2.75) is 64.3 Å². The fourth-order valence-corrected chi connectivity index (χ4v) is 2.90. The van der Waals surface area contributed by atoms with Crippen LogP contribution in [0.3, 0.4) is 0 Å². The summed E-state index contributed by atoms with van der Waals surface area (Å²) in [6, 6.07) is 0.148. The Balaban J connectivity index is 2.12. The molecule has 1 atom stereocenters. The number of hydrogen-bond donors (Lipinski definition) is 0. The summed E-state index contributed by atoms with van der Waals surface area (Å²) >= 11 is 0. The normalized spacial score (nSPS) is 31.1. The van der Waals surface area contributed by atoms with Crippen molar-refractivity contribution < 1.29 is 19.1 Å². The highest BCUT2D eigenvalue weighted by atomic mass is 16.6. The predicted molar refractivity (Wildman–Crippen MR) is 64.8 cm³/mol. The van der Waals surface area contributed by atoms with Crippen molar-refractivity contribution in [1.29, 1.82) is 0 Å². The molecule has 0 aromatic heterocycles. The van der Waals surface area contributed by atoms with E-state index < -0.39 is 11.8 Å². The maximum atomic E-state index is 12.2. The van der Waals surface area contributed by atoms with Crippen molar-refractivity contribution in [3.8, 4) is 0 Å². The highest BCUT2D eigenvalue weighted by Gasteiger charge is 2.46. The molecule has 3 aliphatic rings. The van der Waals surface area contributed by atoms with Gasteiger partial charge in [-0.15, -0.1) is 0 Å². The second-order valence-corrected chi connectivity index (χ2v) is 6.08. The monoisotopic (exact) mass is 255 g/mol. The van der Waals surface area contributed by atoms with Gasteiger partial charge in [0.1, 0.15) is 5.60 Å². The molecule has 2 aliphatic heterocycles. The van der Waals surface area contributed by atoms with E-state index in [2.05, 4.69) is 0 Å². The van der Waals surface area contributed by atoms with E-state index in [0.29, 0.717) is 6.47 Å². The number of fused-ring (bicyclic) bond motifs is 3. The SMILES string of the molecule is CC(C)(C)OC(=O)N1C2CCC(CC2)[C@H]1OC=O. The molecule has 5 heteroatoms. The molecular formula is C13H21NO4. The van der Waals surface area contributed by atoms with E-state index in [9.17, 15) is 9.59 Å². The molecule has 0 aromatic carbocycles. The van der Waals surface area contributed by atoms with Crippen LogP contribution in [0.1, 0.15) is 46.5 Å². The van der Waals surface area contributed by atoms with E-state index in [-0.39, 0.29) is 18.1 Å². The van der Waals surface area contributed by atoms with Gasteiger partial charge in [0.25, 0.3) is 6.47 Å². The lowest BCUT2D eigenvalue weighted by Gasteiger charge is -2.49. The number of piperidine rings is 2. The standard InChI is InChI=1S/C13H21NO4/c1-13(2,3)18-12(16)14-10-6-4-9(5-7-10)11(14)17-8-15/h8-11H,4-7H2,1-3H3/t9?,10?,11-/m1/s1. The van der Waals surface area contributed by atoms with Gasteiger partial charge in [-0.3, -0.25) is 9.69 Å². The van der Waals surface area contributed by atoms with Gasteiger partial charge in [0.2, 0.25) is 0 Å². The molecule has 2 bridgehead atoms. The molecular weight excluding hydrogens is 234 g/mol. The molecule has 3 fully saturated rings. The molecule has 5 nitrogen and oxygen atoms in total. The zero-order valence-electron chi connectivity index (χ0n) is 11.2.